The van der Waals surface area contributed by atoms with Gasteiger partial charge >= 0.3 is 0 Å². The molecule has 1 aliphatic carbocycles. The summed E-state index contributed by atoms with van der Waals surface area (Å²) in [4.78, 5) is 0. The first kappa shape index (κ1) is 11.5. The largest absolute Gasteiger partial charge is 0.504 e. The number of hydrogen-bond acceptors (Lipinski definition) is 4. The molecule has 0 spiro atoms. The van der Waals surface area contributed by atoms with Gasteiger partial charge in [0.2, 0.25) is 0 Å². The van der Waals surface area contributed by atoms with Gasteiger partial charge in [-0.3, -0.25) is 0 Å². The minimum Gasteiger partial charge on any atom is -0.504 e. The molecule has 0 amide bonds. The van der Waals surface area contributed by atoms with Crippen LogP contribution in [0.15, 0.2) is 12.1 Å². The highest BCUT2D eigenvalue weighted by Gasteiger charge is 2.43. The van der Waals surface area contributed by atoms with Crippen LogP contribution in [0.2, 0.25) is 5.02 Å². The number of aromatic hydroxyl groups is 1. The molecule has 1 saturated carbocycles. The number of halogens is 1. The molecule has 0 radical (unpaired) electrons. The van der Waals surface area contributed by atoms with E-state index in [9.17, 15) is 10.2 Å². The molecule has 0 aromatic heterocycles. The number of phenols is 1. The molecular weight excluding hydrogens is 230 g/mol. The lowest BCUT2D eigenvalue weighted by Gasteiger charge is -2.43. The second-order valence-corrected chi connectivity index (χ2v) is 4.66. The number of hydrogen-bond donors (Lipinski definition) is 3. The number of rotatable bonds is 2. The molecule has 1 aromatic carbocycles. The van der Waals surface area contributed by atoms with E-state index in [1.54, 1.807) is 6.07 Å². The topological polar surface area (TPSA) is 75.7 Å². The third-order valence-electron chi connectivity index (χ3n) is 3.00. The van der Waals surface area contributed by atoms with Crippen molar-refractivity contribution in [1.29, 1.82) is 0 Å². The minimum atomic E-state index is -0.707. The normalized spacial score (nSPS) is 28.6. The Morgan fingerprint density at radius 2 is 2.12 bits per heavy atom. The lowest BCUT2D eigenvalue weighted by molar-refractivity contribution is 0.0197. The fourth-order valence-electron chi connectivity index (χ4n) is 2.11. The van der Waals surface area contributed by atoms with Gasteiger partial charge in [0.1, 0.15) is 0 Å². The Morgan fingerprint density at radius 3 is 2.62 bits per heavy atom. The summed E-state index contributed by atoms with van der Waals surface area (Å²) < 4.78 is 5.00. The summed E-state index contributed by atoms with van der Waals surface area (Å²) in [6.45, 7) is 0. The minimum absolute atomic E-state index is 0.00120. The van der Waals surface area contributed by atoms with E-state index in [-0.39, 0.29) is 5.75 Å². The van der Waals surface area contributed by atoms with Gasteiger partial charge in [-0.05, 0) is 18.9 Å². The Labute approximate surface area is 98.6 Å². The van der Waals surface area contributed by atoms with Gasteiger partial charge in [-0.15, -0.1) is 0 Å². The zero-order valence-electron chi connectivity index (χ0n) is 8.90. The number of ether oxygens (including phenoxy) is 1. The number of nitrogens with two attached hydrogens (primary N) is 1. The van der Waals surface area contributed by atoms with Gasteiger partial charge in [0.05, 0.1) is 13.2 Å². The van der Waals surface area contributed by atoms with Crippen LogP contribution in [0.4, 0.5) is 0 Å². The molecule has 1 fully saturated rings. The highest BCUT2D eigenvalue weighted by molar-refractivity contribution is 6.30. The molecule has 16 heavy (non-hydrogen) atoms. The van der Waals surface area contributed by atoms with Gasteiger partial charge in [-0.2, -0.15) is 0 Å². The molecule has 0 heterocycles. The van der Waals surface area contributed by atoms with E-state index in [0.29, 0.717) is 29.2 Å². The van der Waals surface area contributed by atoms with Gasteiger partial charge in [0.25, 0.3) is 0 Å². The summed E-state index contributed by atoms with van der Waals surface area (Å²) in [5.41, 5.74) is 5.90. The molecule has 88 valence electrons. The van der Waals surface area contributed by atoms with E-state index in [1.165, 1.54) is 13.2 Å². The molecule has 0 aliphatic heterocycles. The number of phenolic OH excluding ortho intramolecular Hbond substituents is 1. The van der Waals surface area contributed by atoms with Crippen LogP contribution in [0.5, 0.6) is 11.5 Å². The quantitative estimate of drug-likeness (QED) is 0.733. The Morgan fingerprint density at radius 1 is 1.50 bits per heavy atom. The molecule has 0 atom stereocenters. The fourth-order valence-corrected chi connectivity index (χ4v) is 2.32. The SMILES string of the molecule is COc1cc(Cl)cc(C2(N)CC(O)C2)c1O. The van der Waals surface area contributed by atoms with Crippen LogP contribution < -0.4 is 10.5 Å². The number of benzene rings is 1. The Kier molecular flexibility index (Phi) is 2.74. The van der Waals surface area contributed by atoms with E-state index in [0.717, 1.165) is 0 Å². The van der Waals surface area contributed by atoms with Crippen molar-refractivity contribution in [3.8, 4) is 11.5 Å². The van der Waals surface area contributed by atoms with Crippen molar-refractivity contribution < 1.29 is 14.9 Å². The van der Waals surface area contributed by atoms with E-state index in [4.69, 9.17) is 22.1 Å². The molecule has 4 N–H and O–H groups in total. The summed E-state index contributed by atoms with van der Waals surface area (Å²) in [5, 5.41) is 19.7. The molecule has 0 bridgehead atoms. The zero-order valence-corrected chi connectivity index (χ0v) is 9.66. The monoisotopic (exact) mass is 243 g/mol. The predicted octanol–water partition coefficient (Wildman–Crippen LogP) is 1.36. The van der Waals surface area contributed by atoms with Crippen molar-refractivity contribution in [3.05, 3.63) is 22.7 Å². The Hall–Kier alpha value is -0.970. The molecule has 4 nitrogen and oxygen atoms in total. The molecule has 0 saturated heterocycles. The Bertz CT molecular complexity index is 416. The van der Waals surface area contributed by atoms with Crippen molar-refractivity contribution in [2.45, 2.75) is 24.5 Å². The first-order valence-corrected chi connectivity index (χ1v) is 5.38. The summed E-state index contributed by atoms with van der Waals surface area (Å²) >= 11 is 5.92. The fraction of sp³-hybridized carbons (Fsp3) is 0.455. The predicted molar refractivity (Wildman–Crippen MR) is 60.8 cm³/mol. The van der Waals surface area contributed by atoms with Crippen molar-refractivity contribution in [3.63, 3.8) is 0 Å². The van der Waals surface area contributed by atoms with Crippen LogP contribution in [-0.4, -0.2) is 23.4 Å². The van der Waals surface area contributed by atoms with Crippen molar-refractivity contribution in [2.75, 3.05) is 7.11 Å². The number of aliphatic hydroxyl groups excluding tert-OH is 1. The third-order valence-corrected chi connectivity index (χ3v) is 3.21. The average molecular weight is 244 g/mol. The second-order valence-electron chi connectivity index (χ2n) is 4.22. The zero-order chi connectivity index (χ0) is 11.9. The Balaban J connectivity index is 2.44. The lowest BCUT2D eigenvalue weighted by Crippen LogP contribution is -2.51. The van der Waals surface area contributed by atoms with E-state index in [2.05, 4.69) is 0 Å². The molecule has 5 heteroatoms. The highest BCUT2D eigenvalue weighted by atomic mass is 35.5. The standard InChI is InChI=1S/C11H14ClNO3/c1-16-9-3-6(12)2-8(10(9)15)11(13)4-7(14)5-11/h2-3,7,14-15H,4-5,13H2,1H3. The number of aliphatic hydroxyl groups is 1. The molecule has 2 rings (SSSR count). The van der Waals surface area contributed by atoms with Gasteiger partial charge in [0.15, 0.2) is 11.5 Å². The van der Waals surface area contributed by atoms with Crippen LogP contribution in [0, 0.1) is 0 Å². The van der Waals surface area contributed by atoms with Crippen LogP contribution in [0.3, 0.4) is 0 Å². The van der Waals surface area contributed by atoms with E-state index < -0.39 is 11.6 Å². The summed E-state index contributed by atoms with van der Waals surface area (Å²) in [6.07, 6.45) is 0.433. The smallest absolute Gasteiger partial charge is 0.162 e. The van der Waals surface area contributed by atoms with Gasteiger partial charge in [-0.1, -0.05) is 11.6 Å². The van der Waals surface area contributed by atoms with Crippen molar-refractivity contribution in [2.24, 2.45) is 5.73 Å². The first-order chi connectivity index (χ1) is 7.46. The van der Waals surface area contributed by atoms with E-state index >= 15 is 0 Å². The van der Waals surface area contributed by atoms with Crippen molar-refractivity contribution in [1.82, 2.24) is 0 Å². The molecule has 1 aliphatic rings. The number of methoxy groups -OCH3 is 1. The second kappa shape index (κ2) is 3.80. The van der Waals surface area contributed by atoms with Crippen molar-refractivity contribution >= 4 is 11.6 Å². The van der Waals surface area contributed by atoms with E-state index in [1.807, 2.05) is 0 Å². The van der Waals surface area contributed by atoms with Crippen LogP contribution in [0.1, 0.15) is 18.4 Å². The summed E-state index contributed by atoms with van der Waals surface area (Å²) in [7, 11) is 1.45. The highest BCUT2D eigenvalue weighted by Crippen LogP contribution is 2.46. The van der Waals surface area contributed by atoms with Crippen LogP contribution in [0.25, 0.3) is 0 Å². The van der Waals surface area contributed by atoms with Gasteiger partial charge < -0.3 is 20.7 Å². The summed E-state index contributed by atoms with van der Waals surface area (Å²) in [5.74, 6) is 0.301. The molecule has 1 aromatic rings. The van der Waals surface area contributed by atoms with Gasteiger partial charge in [0, 0.05) is 22.2 Å². The first-order valence-electron chi connectivity index (χ1n) is 5.00. The lowest BCUT2D eigenvalue weighted by atomic mass is 9.70. The third kappa shape index (κ3) is 1.73. The van der Waals surface area contributed by atoms with Crippen LogP contribution >= 0.6 is 11.6 Å². The molecule has 0 unspecified atom stereocenters. The maximum atomic E-state index is 9.95. The van der Waals surface area contributed by atoms with Crippen LogP contribution in [-0.2, 0) is 5.54 Å². The maximum absolute atomic E-state index is 9.95. The maximum Gasteiger partial charge on any atom is 0.162 e. The summed E-state index contributed by atoms with van der Waals surface area (Å²) in [6, 6.07) is 3.14. The molecular formula is C11H14ClNO3. The average Bonchev–Trinajstić information content (AvgIpc) is 2.18. The van der Waals surface area contributed by atoms with Gasteiger partial charge in [-0.25, -0.2) is 0 Å².